The summed E-state index contributed by atoms with van der Waals surface area (Å²) in [6.07, 6.45) is 1.21. The van der Waals surface area contributed by atoms with Gasteiger partial charge in [0, 0.05) is 24.0 Å². The van der Waals surface area contributed by atoms with E-state index in [1.54, 1.807) is 0 Å². The Morgan fingerprint density at radius 2 is 2.15 bits per heavy atom. The minimum Gasteiger partial charge on any atom is -0.492 e. The van der Waals surface area contributed by atoms with Crippen molar-refractivity contribution in [1.82, 2.24) is 10.1 Å². The number of fused-ring (bicyclic) bond motifs is 3. The molecule has 0 saturated carbocycles. The Labute approximate surface area is 151 Å². The molecule has 0 aliphatic carbocycles. The van der Waals surface area contributed by atoms with Gasteiger partial charge >= 0.3 is 0 Å². The number of carbonyl (C=O) groups is 1. The quantitative estimate of drug-likeness (QED) is 0.713. The van der Waals surface area contributed by atoms with Crippen LogP contribution in [0.25, 0.3) is 11.0 Å². The van der Waals surface area contributed by atoms with Gasteiger partial charge in [0.25, 0.3) is 0 Å². The van der Waals surface area contributed by atoms with E-state index in [1.165, 1.54) is 11.1 Å². The van der Waals surface area contributed by atoms with Gasteiger partial charge in [-0.15, -0.1) is 0 Å². The number of ether oxygens (including phenoxy) is 1. The first-order chi connectivity index (χ1) is 12.6. The minimum absolute atomic E-state index is 0.0666. The summed E-state index contributed by atoms with van der Waals surface area (Å²) >= 11 is 0. The summed E-state index contributed by atoms with van der Waals surface area (Å²) in [5.74, 6) is 1.06. The maximum atomic E-state index is 12.9. The van der Waals surface area contributed by atoms with Gasteiger partial charge in [-0.3, -0.25) is 4.79 Å². The first-order valence-electron chi connectivity index (χ1n) is 9.00. The van der Waals surface area contributed by atoms with Crippen molar-refractivity contribution in [2.24, 2.45) is 0 Å². The number of likely N-dealkylation sites (tertiary alicyclic amines) is 1. The Morgan fingerprint density at radius 1 is 1.27 bits per heavy atom. The molecular weight excluding hydrogens is 328 g/mol. The highest BCUT2D eigenvalue weighted by Crippen LogP contribution is 2.45. The summed E-state index contributed by atoms with van der Waals surface area (Å²) < 4.78 is 11.2. The van der Waals surface area contributed by atoms with Crippen molar-refractivity contribution < 1.29 is 14.1 Å². The molecule has 1 unspecified atom stereocenters. The maximum absolute atomic E-state index is 12.9. The van der Waals surface area contributed by atoms with E-state index in [2.05, 4.69) is 24.2 Å². The molecule has 0 radical (unpaired) electrons. The molecule has 132 valence electrons. The van der Waals surface area contributed by atoms with Gasteiger partial charge in [-0.25, -0.2) is 0 Å². The van der Waals surface area contributed by atoms with Crippen molar-refractivity contribution in [3.05, 3.63) is 59.3 Å². The third-order valence-corrected chi connectivity index (χ3v) is 5.69. The second-order valence-electron chi connectivity index (χ2n) is 7.44. The first kappa shape index (κ1) is 15.4. The minimum atomic E-state index is -0.0666. The number of hydrogen-bond acceptors (Lipinski definition) is 4. The first-order valence-corrected chi connectivity index (χ1v) is 9.00. The van der Waals surface area contributed by atoms with Crippen LogP contribution in [0.2, 0.25) is 0 Å². The van der Waals surface area contributed by atoms with Crippen molar-refractivity contribution in [1.29, 1.82) is 0 Å². The molecule has 0 bridgehead atoms. The molecule has 5 heteroatoms. The average molecular weight is 348 g/mol. The van der Waals surface area contributed by atoms with Crippen LogP contribution < -0.4 is 4.74 Å². The third-order valence-electron chi connectivity index (χ3n) is 5.69. The Hall–Kier alpha value is -2.82. The largest absolute Gasteiger partial charge is 0.492 e. The highest BCUT2D eigenvalue weighted by molar-refractivity contribution is 5.86. The number of rotatable bonds is 2. The van der Waals surface area contributed by atoms with Crippen LogP contribution in [0.15, 0.2) is 47.0 Å². The van der Waals surface area contributed by atoms with Crippen LogP contribution >= 0.6 is 0 Å². The third kappa shape index (κ3) is 2.30. The van der Waals surface area contributed by atoms with E-state index in [9.17, 15) is 4.79 Å². The molecular formula is C21H20N2O3. The van der Waals surface area contributed by atoms with Crippen LogP contribution in [0.1, 0.15) is 23.2 Å². The van der Waals surface area contributed by atoms with Gasteiger partial charge in [0.05, 0.1) is 18.4 Å². The van der Waals surface area contributed by atoms with Crippen LogP contribution in [0.4, 0.5) is 0 Å². The smallest absolute Gasteiger partial charge is 0.228 e. The number of amides is 1. The summed E-state index contributed by atoms with van der Waals surface area (Å²) in [4.78, 5) is 14.8. The van der Waals surface area contributed by atoms with E-state index >= 15 is 0 Å². The van der Waals surface area contributed by atoms with E-state index in [-0.39, 0.29) is 17.7 Å². The Morgan fingerprint density at radius 3 is 3.08 bits per heavy atom. The molecule has 1 fully saturated rings. The normalized spacial score (nSPS) is 21.3. The van der Waals surface area contributed by atoms with Crippen LogP contribution in [0.3, 0.4) is 0 Å². The van der Waals surface area contributed by atoms with Crippen LogP contribution in [0, 0.1) is 6.92 Å². The maximum Gasteiger partial charge on any atom is 0.228 e. The predicted molar refractivity (Wildman–Crippen MR) is 97.3 cm³/mol. The van der Waals surface area contributed by atoms with Crippen LogP contribution in [-0.4, -0.2) is 35.7 Å². The highest BCUT2D eigenvalue weighted by atomic mass is 16.5. The van der Waals surface area contributed by atoms with Crippen molar-refractivity contribution in [2.45, 2.75) is 25.2 Å². The van der Waals surface area contributed by atoms with Gasteiger partial charge in [0.2, 0.25) is 5.91 Å². The van der Waals surface area contributed by atoms with Crippen LogP contribution in [-0.2, 0) is 16.6 Å². The standard InChI is InChI=1S/C21H20N2O3/c1-14-6-7-19-16(10-14)21(13-25-19)8-9-23(12-21)20(24)11-17-15-4-2-3-5-18(15)26-22-17/h2-7,10H,8-9,11-13H2,1H3. The second kappa shape index (κ2) is 5.59. The van der Waals surface area contributed by atoms with Gasteiger partial charge in [-0.2, -0.15) is 0 Å². The molecule has 0 N–H and O–H groups in total. The van der Waals surface area contributed by atoms with E-state index in [0.29, 0.717) is 18.8 Å². The predicted octanol–water partition coefficient (Wildman–Crippen LogP) is 3.24. The van der Waals surface area contributed by atoms with Gasteiger partial charge < -0.3 is 14.2 Å². The lowest BCUT2D eigenvalue weighted by atomic mass is 9.81. The fourth-order valence-electron chi connectivity index (χ4n) is 4.22. The van der Waals surface area contributed by atoms with Crippen molar-refractivity contribution >= 4 is 16.9 Å². The number of para-hydroxylation sites is 1. The lowest BCUT2D eigenvalue weighted by molar-refractivity contribution is -0.129. The average Bonchev–Trinajstić information content (AvgIpc) is 3.35. The Kier molecular flexibility index (Phi) is 3.32. The fraction of sp³-hybridized carbons (Fsp3) is 0.333. The number of aromatic nitrogens is 1. The van der Waals surface area contributed by atoms with E-state index < -0.39 is 0 Å². The monoisotopic (exact) mass is 348 g/mol. The molecule has 5 rings (SSSR count). The molecule has 2 aromatic carbocycles. The lowest BCUT2D eigenvalue weighted by Gasteiger charge is -2.23. The lowest BCUT2D eigenvalue weighted by Crippen LogP contribution is -2.36. The number of hydrogen-bond donors (Lipinski definition) is 0. The zero-order valence-electron chi connectivity index (χ0n) is 14.7. The van der Waals surface area contributed by atoms with Gasteiger partial charge in [-0.1, -0.05) is 35.0 Å². The van der Waals surface area contributed by atoms with Crippen molar-refractivity contribution in [2.75, 3.05) is 19.7 Å². The number of nitrogens with zero attached hydrogens (tertiary/aromatic N) is 2. The summed E-state index contributed by atoms with van der Waals surface area (Å²) in [5, 5.41) is 5.01. The van der Waals surface area contributed by atoms with E-state index in [0.717, 1.165) is 29.7 Å². The zero-order chi connectivity index (χ0) is 17.7. The second-order valence-corrected chi connectivity index (χ2v) is 7.44. The van der Waals surface area contributed by atoms with Gasteiger partial charge in [0.15, 0.2) is 5.58 Å². The van der Waals surface area contributed by atoms with E-state index in [4.69, 9.17) is 9.26 Å². The van der Waals surface area contributed by atoms with Crippen LogP contribution in [0.5, 0.6) is 5.75 Å². The molecule has 1 atom stereocenters. The molecule has 2 aliphatic heterocycles. The molecule has 26 heavy (non-hydrogen) atoms. The number of benzene rings is 2. The number of aryl methyl sites for hydroxylation is 1. The molecule has 1 amide bonds. The Balaban J connectivity index is 1.37. The fourth-order valence-corrected chi connectivity index (χ4v) is 4.22. The Bertz CT molecular complexity index is 1010. The van der Waals surface area contributed by atoms with Gasteiger partial charge in [0.1, 0.15) is 11.4 Å². The molecule has 5 nitrogen and oxygen atoms in total. The summed E-state index contributed by atoms with van der Waals surface area (Å²) in [6.45, 7) is 4.21. The van der Waals surface area contributed by atoms with E-state index in [1.807, 2.05) is 35.2 Å². The highest BCUT2D eigenvalue weighted by Gasteiger charge is 2.47. The van der Waals surface area contributed by atoms with Gasteiger partial charge in [-0.05, 0) is 31.5 Å². The molecule has 2 aliphatic rings. The van der Waals surface area contributed by atoms with Crippen molar-refractivity contribution in [3.8, 4) is 5.75 Å². The summed E-state index contributed by atoms with van der Waals surface area (Å²) in [5.41, 5.74) is 3.85. The van der Waals surface area contributed by atoms with Crippen molar-refractivity contribution in [3.63, 3.8) is 0 Å². The molecule has 3 heterocycles. The molecule has 3 aromatic rings. The molecule has 1 spiro atoms. The molecule has 1 aromatic heterocycles. The molecule has 1 saturated heterocycles. The summed E-state index contributed by atoms with van der Waals surface area (Å²) in [7, 11) is 0. The zero-order valence-corrected chi connectivity index (χ0v) is 14.7. The summed E-state index contributed by atoms with van der Waals surface area (Å²) in [6, 6.07) is 14.0. The SMILES string of the molecule is Cc1ccc2c(c1)C1(CCN(C(=O)Cc3noc4ccccc34)C1)CO2. The topological polar surface area (TPSA) is 55.6 Å². The number of carbonyl (C=O) groups excluding carboxylic acids is 1.